The molecule has 25 heavy (non-hydrogen) atoms. The van der Waals surface area contributed by atoms with E-state index in [-0.39, 0.29) is 23.5 Å². The van der Waals surface area contributed by atoms with Crippen LogP contribution in [0.5, 0.6) is 11.5 Å². The number of esters is 1. The Morgan fingerprint density at radius 3 is 2.48 bits per heavy atom. The number of ketones is 1. The van der Waals surface area contributed by atoms with E-state index in [4.69, 9.17) is 4.74 Å². The van der Waals surface area contributed by atoms with Gasteiger partial charge in [-0.05, 0) is 41.8 Å². The molecule has 132 valence electrons. The first-order valence-electron chi connectivity index (χ1n) is 7.67. The summed E-state index contributed by atoms with van der Waals surface area (Å²) in [5.74, 6) is -0.0390. The SMILES string of the molecule is COC(=O)c1cccc(CCC(=O)c2ccc(OC)cc2CI)c1O. The number of phenols is 1. The molecule has 0 atom stereocenters. The van der Waals surface area contributed by atoms with Gasteiger partial charge < -0.3 is 14.6 Å². The van der Waals surface area contributed by atoms with Gasteiger partial charge in [0, 0.05) is 16.4 Å². The van der Waals surface area contributed by atoms with E-state index in [1.54, 1.807) is 31.4 Å². The maximum atomic E-state index is 12.6. The van der Waals surface area contributed by atoms with E-state index in [1.165, 1.54) is 13.2 Å². The minimum Gasteiger partial charge on any atom is -0.507 e. The van der Waals surface area contributed by atoms with Gasteiger partial charge in [-0.15, -0.1) is 0 Å². The van der Waals surface area contributed by atoms with Crippen LogP contribution >= 0.6 is 22.6 Å². The van der Waals surface area contributed by atoms with Crippen LogP contribution in [0.2, 0.25) is 0 Å². The van der Waals surface area contributed by atoms with Crippen molar-refractivity contribution in [1.29, 1.82) is 0 Å². The van der Waals surface area contributed by atoms with Crippen LogP contribution in [0.15, 0.2) is 36.4 Å². The van der Waals surface area contributed by atoms with Crippen LogP contribution in [-0.2, 0) is 15.6 Å². The van der Waals surface area contributed by atoms with Crippen LogP contribution in [0.3, 0.4) is 0 Å². The normalized spacial score (nSPS) is 10.4. The third-order valence-electron chi connectivity index (χ3n) is 3.90. The van der Waals surface area contributed by atoms with Gasteiger partial charge in [-0.2, -0.15) is 0 Å². The number of benzene rings is 2. The van der Waals surface area contributed by atoms with Crippen molar-refractivity contribution in [1.82, 2.24) is 0 Å². The Hall–Kier alpha value is -2.09. The summed E-state index contributed by atoms with van der Waals surface area (Å²) >= 11 is 2.21. The van der Waals surface area contributed by atoms with Gasteiger partial charge in [0.1, 0.15) is 17.1 Å². The van der Waals surface area contributed by atoms with Crippen LogP contribution in [-0.4, -0.2) is 31.1 Å². The molecule has 0 bridgehead atoms. The topological polar surface area (TPSA) is 72.8 Å². The summed E-state index contributed by atoms with van der Waals surface area (Å²) in [4.78, 5) is 24.2. The molecule has 0 aliphatic heterocycles. The second-order valence-electron chi connectivity index (χ2n) is 5.38. The summed E-state index contributed by atoms with van der Waals surface area (Å²) in [6.45, 7) is 0. The monoisotopic (exact) mass is 454 g/mol. The molecule has 6 heteroatoms. The Bertz CT molecular complexity index is 785. The van der Waals surface area contributed by atoms with E-state index >= 15 is 0 Å². The average Bonchev–Trinajstić information content (AvgIpc) is 2.65. The first kappa shape index (κ1) is 19.2. The molecule has 0 heterocycles. The largest absolute Gasteiger partial charge is 0.507 e. The lowest BCUT2D eigenvalue weighted by molar-refractivity contribution is 0.0597. The molecule has 2 aromatic rings. The first-order chi connectivity index (χ1) is 12.0. The van der Waals surface area contributed by atoms with Crippen LogP contribution < -0.4 is 4.74 Å². The molecule has 0 amide bonds. The summed E-state index contributed by atoms with van der Waals surface area (Å²) in [5, 5.41) is 10.2. The fourth-order valence-corrected chi connectivity index (χ4v) is 3.16. The summed E-state index contributed by atoms with van der Waals surface area (Å²) < 4.78 is 10.5. The maximum Gasteiger partial charge on any atom is 0.341 e. The molecule has 2 aromatic carbocycles. The smallest absolute Gasteiger partial charge is 0.341 e. The van der Waals surface area contributed by atoms with Crippen molar-refractivity contribution < 1.29 is 24.2 Å². The Morgan fingerprint density at radius 1 is 1.08 bits per heavy atom. The van der Waals surface area contributed by atoms with Gasteiger partial charge in [0.05, 0.1) is 14.2 Å². The molecule has 0 aliphatic carbocycles. The number of methoxy groups -OCH3 is 2. The highest BCUT2D eigenvalue weighted by Crippen LogP contribution is 2.26. The highest BCUT2D eigenvalue weighted by molar-refractivity contribution is 14.1. The van der Waals surface area contributed by atoms with Gasteiger partial charge in [0.2, 0.25) is 0 Å². The first-order valence-corrected chi connectivity index (χ1v) is 9.19. The zero-order valence-electron chi connectivity index (χ0n) is 14.0. The standard InChI is InChI=1S/C19H19IO5/c1-24-14-7-8-15(13(10-14)11-20)17(21)9-6-12-4-3-5-16(18(12)22)19(23)25-2/h3-5,7-8,10,22H,6,9,11H2,1-2H3. The summed E-state index contributed by atoms with van der Waals surface area (Å²) in [6.07, 6.45) is 0.566. The number of aryl methyl sites for hydroxylation is 1. The number of ether oxygens (including phenoxy) is 2. The predicted octanol–water partition coefficient (Wildman–Crippen LogP) is 3.94. The summed E-state index contributed by atoms with van der Waals surface area (Å²) in [7, 11) is 2.85. The van der Waals surface area contributed by atoms with Gasteiger partial charge in [-0.25, -0.2) is 4.79 Å². The van der Waals surface area contributed by atoms with Crippen LogP contribution in [0.25, 0.3) is 0 Å². The van der Waals surface area contributed by atoms with Crippen LogP contribution in [0.4, 0.5) is 0 Å². The molecule has 0 fully saturated rings. The molecular formula is C19H19IO5. The van der Waals surface area contributed by atoms with Crippen molar-refractivity contribution >= 4 is 34.3 Å². The second-order valence-corrected chi connectivity index (χ2v) is 6.15. The molecule has 0 saturated carbocycles. The van der Waals surface area contributed by atoms with Crippen molar-refractivity contribution in [3.8, 4) is 11.5 Å². The quantitative estimate of drug-likeness (QED) is 0.297. The van der Waals surface area contributed by atoms with E-state index in [9.17, 15) is 14.7 Å². The zero-order chi connectivity index (χ0) is 18.4. The molecule has 0 radical (unpaired) electrons. The number of para-hydroxylation sites is 1. The van der Waals surface area contributed by atoms with E-state index in [1.807, 2.05) is 6.07 Å². The van der Waals surface area contributed by atoms with E-state index in [0.29, 0.717) is 27.7 Å². The number of carbonyl (C=O) groups excluding carboxylic acids is 2. The van der Waals surface area contributed by atoms with Crippen LogP contribution in [0, 0.1) is 0 Å². The molecule has 0 spiro atoms. The molecule has 5 nitrogen and oxygen atoms in total. The van der Waals surface area contributed by atoms with Gasteiger partial charge in [0.25, 0.3) is 0 Å². The molecular weight excluding hydrogens is 435 g/mol. The highest BCUT2D eigenvalue weighted by Gasteiger charge is 2.17. The number of halogens is 1. The fourth-order valence-electron chi connectivity index (χ4n) is 2.53. The van der Waals surface area contributed by atoms with Crippen molar-refractivity contribution in [2.75, 3.05) is 14.2 Å². The van der Waals surface area contributed by atoms with Gasteiger partial charge in [-0.1, -0.05) is 34.7 Å². The minimum atomic E-state index is -0.604. The molecule has 0 aliphatic rings. The minimum absolute atomic E-state index is 0.0165. The number of hydrogen-bond donors (Lipinski definition) is 1. The number of aromatic hydroxyl groups is 1. The molecule has 0 unspecified atom stereocenters. The number of carbonyl (C=O) groups is 2. The molecule has 1 N–H and O–H groups in total. The van der Waals surface area contributed by atoms with Gasteiger partial charge in [-0.3, -0.25) is 4.79 Å². The summed E-state index contributed by atoms with van der Waals surface area (Å²) in [6, 6.07) is 10.2. The van der Waals surface area contributed by atoms with Crippen molar-refractivity contribution in [2.24, 2.45) is 0 Å². The van der Waals surface area contributed by atoms with Crippen molar-refractivity contribution in [3.63, 3.8) is 0 Å². The number of phenolic OH excluding ortho intramolecular Hbond substituents is 1. The van der Waals surface area contributed by atoms with Crippen molar-refractivity contribution in [2.45, 2.75) is 17.3 Å². The third-order valence-corrected chi connectivity index (χ3v) is 4.72. The fraction of sp³-hybridized carbons (Fsp3) is 0.263. The average molecular weight is 454 g/mol. The number of rotatable bonds is 7. The van der Waals surface area contributed by atoms with Crippen LogP contribution in [0.1, 0.15) is 38.3 Å². The lowest BCUT2D eigenvalue weighted by Crippen LogP contribution is -2.06. The highest BCUT2D eigenvalue weighted by atomic mass is 127. The Labute approximate surface area is 160 Å². The Balaban J connectivity index is 2.17. The maximum absolute atomic E-state index is 12.6. The van der Waals surface area contributed by atoms with Crippen molar-refractivity contribution in [3.05, 3.63) is 58.7 Å². The Morgan fingerprint density at radius 2 is 1.84 bits per heavy atom. The van der Waals surface area contributed by atoms with E-state index in [2.05, 4.69) is 27.3 Å². The van der Waals surface area contributed by atoms with Gasteiger partial charge in [0.15, 0.2) is 5.78 Å². The lowest BCUT2D eigenvalue weighted by atomic mass is 9.97. The number of Topliss-reactive ketones (excluding diaryl/α,β-unsaturated/α-hetero) is 1. The summed E-state index contributed by atoms with van der Waals surface area (Å²) in [5.41, 5.74) is 2.21. The van der Waals surface area contributed by atoms with Gasteiger partial charge >= 0.3 is 5.97 Å². The second kappa shape index (κ2) is 8.84. The number of alkyl halides is 1. The molecule has 0 saturated heterocycles. The molecule has 0 aromatic heterocycles. The third kappa shape index (κ3) is 4.50. The number of hydrogen-bond acceptors (Lipinski definition) is 5. The Kier molecular flexibility index (Phi) is 6.81. The zero-order valence-corrected chi connectivity index (χ0v) is 16.2. The van der Waals surface area contributed by atoms with E-state index < -0.39 is 5.97 Å². The molecule has 2 rings (SSSR count). The lowest BCUT2D eigenvalue weighted by Gasteiger charge is -2.10. The predicted molar refractivity (Wildman–Crippen MR) is 103 cm³/mol. The van der Waals surface area contributed by atoms with E-state index in [0.717, 1.165) is 5.56 Å².